The molecule has 6 heteroatoms. The number of hydrogen-bond acceptors (Lipinski definition) is 2. The molecular weight excluding hydrogens is 309 g/mol. The molecule has 2 saturated carbocycles. The lowest BCUT2D eigenvalue weighted by Crippen LogP contribution is -2.45. The summed E-state index contributed by atoms with van der Waals surface area (Å²) in [5.74, 6) is 0.275. The topological polar surface area (TPSA) is 61.4 Å². The fourth-order valence-electron chi connectivity index (χ4n) is 3.51. The first-order valence-electron chi connectivity index (χ1n) is 8.72. The van der Waals surface area contributed by atoms with E-state index in [2.05, 4.69) is 10.6 Å². The van der Waals surface area contributed by atoms with E-state index in [-0.39, 0.29) is 29.8 Å². The maximum Gasteiger partial charge on any atom is 0.315 e. The van der Waals surface area contributed by atoms with Crippen molar-refractivity contribution in [2.75, 3.05) is 6.54 Å². The van der Waals surface area contributed by atoms with Gasteiger partial charge in [0, 0.05) is 19.0 Å². The first-order valence-corrected chi connectivity index (χ1v) is 8.72. The molecule has 4 rings (SSSR count). The molecule has 3 fully saturated rings. The molecule has 2 aliphatic carbocycles. The number of rotatable bonds is 5. The molecule has 24 heavy (non-hydrogen) atoms. The largest absolute Gasteiger partial charge is 0.338 e. The van der Waals surface area contributed by atoms with Crippen LogP contribution >= 0.6 is 0 Å². The van der Waals surface area contributed by atoms with E-state index in [4.69, 9.17) is 0 Å². The highest BCUT2D eigenvalue weighted by Crippen LogP contribution is 2.41. The number of carbonyl (C=O) groups is 2. The number of amides is 3. The van der Waals surface area contributed by atoms with Crippen LogP contribution in [-0.2, 0) is 4.79 Å². The highest BCUT2D eigenvalue weighted by molar-refractivity contribution is 5.82. The molecule has 0 unspecified atom stereocenters. The average molecular weight is 331 g/mol. The van der Waals surface area contributed by atoms with Crippen LogP contribution in [0.2, 0.25) is 0 Å². The van der Waals surface area contributed by atoms with Crippen molar-refractivity contribution < 1.29 is 14.0 Å². The molecule has 1 saturated heterocycles. The fraction of sp³-hybridized carbons (Fsp3) is 0.556. The first kappa shape index (κ1) is 15.4. The summed E-state index contributed by atoms with van der Waals surface area (Å²) in [5, 5.41) is 5.94. The number of nitrogens with zero attached hydrogens (tertiary/aromatic N) is 1. The van der Waals surface area contributed by atoms with Gasteiger partial charge in [0.25, 0.3) is 0 Å². The van der Waals surface area contributed by atoms with Crippen LogP contribution in [0.15, 0.2) is 24.3 Å². The molecule has 1 heterocycles. The minimum atomic E-state index is -0.276. The molecule has 5 nitrogen and oxygen atoms in total. The quantitative estimate of drug-likeness (QED) is 0.870. The SMILES string of the molecule is O=C(N[C@H]1CC(=O)N(C2CC2)C1)N[C@@H](c1ccc(F)cc1)C1CC1. The minimum absolute atomic E-state index is 0.0951. The standard InChI is InChI=1S/C18H22FN3O2/c19-13-5-3-12(4-6-13)17(11-1-2-11)21-18(24)20-14-9-16(23)22(10-14)15-7-8-15/h3-6,11,14-15,17H,1-2,7-10H2,(H2,20,21,24)/t14-,17+/m0/s1. The van der Waals surface area contributed by atoms with E-state index >= 15 is 0 Å². The third kappa shape index (κ3) is 3.37. The van der Waals surface area contributed by atoms with E-state index in [0.717, 1.165) is 31.2 Å². The summed E-state index contributed by atoms with van der Waals surface area (Å²) in [6.45, 7) is 0.613. The monoisotopic (exact) mass is 331 g/mol. The van der Waals surface area contributed by atoms with Gasteiger partial charge < -0.3 is 15.5 Å². The molecule has 2 N–H and O–H groups in total. The summed E-state index contributed by atoms with van der Waals surface area (Å²) < 4.78 is 13.1. The Bertz CT molecular complexity index is 640. The zero-order valence-corrected chi connectivity index (χ0v) is 13.5. The Balaban J connectivity index is 1.35. The Hall–Kier alpha value is -2.11. The van der Waals surface area contributed by atoms with Crippen molar-refractivity contribution in [3.05, 3.63) is 35.6 Å². The van der Waals surface area contributed by atoms with Gasteiger partial charge in [-0.1, -0.05) is 12.1 Å². The van der Waals surface area contributed by atoms with Crippen LogP contribution in [0.1, 0.15) is 43.7 Å². The number of halogens is 1. The van der Waals surface area contributed by atoms with Crippen molar-refractivity contribution >= 4 is 11.9 Å². The summed E-state index contributed by atoms with van der Waals surface area (Å²) in [6, 6.07) is 6.24. The van der Waals surface area contributed by atoms with Crippen molar-refractivity contribution in [1.29, 1.82) is 0 Å². The zero-order valence-electron chi connectivity index (χ0n) is 13.5. The molecule has 0 spiro atoms. The number of nitrogens with one attached hydrogen (secondary N) is 2. The third-order valence-electron chi connectivity index (χ3n) is 5.09. The predicted octanol–water partition coefficient (Wildman–Crippen LogP) is 2.34. The Kier molecular flexibility index (Phi) is 3.90. The van der Waals surface area contributed by atoms with Gasteiger partial charge in [-0.3, -0.25) is 4.79 Å². The normalized spacial score (nSPS) is 24.8. The molecule has 2 atom stereocenters. The molecule has 0 radical (unpaired) electrons. The van der Waals surface area contributed by atoms with Crippen LogP contribution in [0.5, 0.6) is 0 Å². The number of benzene rings is 1. The molecule has 1 aliphatic heterocycles. The van der Waals surface area contributed by atoms with E-state index in [1.165, 1.54) is 12.1 Å². The average Bonchev–Trinajstić information content (AvgIpc) is 3.45. The Morgan fingerprint density at radius 3 is 2.50 bits per heavy atom. The maximum atomic E-state index is 13.1. The number of urea groups is 1. The second-order valence-electron chi connectivity index (χ2n) is 7.16. The van der Waals surface area contributed by atoms with Gasteiger partial charge >= 0.3 is 6.03 Å². The van der Waals surface area contributed by atoms with Crippen molar-refractivity contribution in [2.24, 2.45) is 5.92 Å². The van der Waals surface area contributed by atoms with Gasteiger partial charge in [-0.25, -0.2) is 9.18 Å². The zero-order chi connectivity index (χ0) is 16.7. The highest BCUT2D eigenvalue weighted by Gasteiger charge is 2.40. The Labute approximate surface area is 140 Å². The lowest BCUT2D eigenvalue weighted by atomic mass is 10.0. The van der Waals surface area contributed by atoms with Crippen molar-refractivity contribution in [1.82, 2.24) is 15.5 Å². The lowest BCUT2D eigenvalue weighted by Gasteiger charge is -2.21. The summed E-state index contributed by atoms with van der Waals surface area (Å²) in [4.78, 5) is 26.2. The fourth-order valence-corrected chi connectivity index (χ4v) is 3.51. The summed E-state index contributed by atoms with van der Waals surface area (Å²) in [5.41, 5.74) is 0.927. The van der Waals surface area contributed by atoms with Gasteiger partial charge in [0.05, 0.1) is 12.1 Å². The van der Waals surface area contributed by atoms with Gasteiger partial charge in [0.1, 0.15) is 5.82 Å². The molecule has 3 amide bonds. The van der Waals surface area contributed by atoms with Crippen LogP contribution in [0.3, 0.4) is 0 Å². The van der Waals surface area contributed by atoms with Crippen molar-refractivity contribution in [3.63, 3.8) is 0 Å². The van der Waals surface area contributed by atoms with E-state index < -0.39 is 0 Å². The molecule has 0 aromatic heterocycles. The summed E-state index contributed by atoms with van der Waals surface area (Å²) in [6.07, 6.45) is 4.69. The highest BCUT2D eigenvalue weighted by atomic mass is 19.1. The van der Waals surface area contributed by atoms with Crippen LogP contribution in [0, 0.1) is 11.7 Å². The second kappa shape index (κ2) is 6.07. The maximum absolute atomic E-state index is 13.1. The van der Waals surface area contributed by atoms with Gasteiger partial charge in [0.2, 0.25) is 5.91 Å². The molecule has 128 valence electrons. The number of hydrogen-bond donors (Lipinski definition) is 2. The van der Waals surface area contributed by atoms with Gasteiger partial charge in [-0.2, -0.15) is 0 Å². The lowest BCUT2D eigenvalue weighted by molar-refractivity contribution is -0.128. The number of carbonyl (C=O) groups excluding carboxylic acids is 2. The van der Waals surface area contributed by atoms with Crippen molar-refractivity contribution in [2.45, 2.75) is 50.2 Å². The van der Waals surface area contributed by atoms with Gasteiger partial charge in [-0.05, 0) is 49.3 Å². The Morgan fingerprint density at radius 1 is 1.17 bits per heavy atom. The minimum Gasteiger partial charge on any atom is -0.338 e. The van der Waals surface area contributed by atoms with E-state index in [1.54, 1.807) is 12.1 Å². The predicted molar refractivity (Wildman–Crippen MR) is 86.7 cm³/mol. The third-order valence-corrected chi connectivity index (χ3v) is 5.09. The number of likely N-dealkylation sites (tertiary alicyclic amines) is 1. The van der Waals surface area contributed by atoms with Crippen LogP contribution in [-0.4, -0.2) is 35.5 Å². The van der Waals surface area contributed by atoms with Crippen LogP contribution in [0.4, 0.5) is 9.18 Å². The van der Waals surface area contributed by atoms with E-state index in [1.807, 2.05) is 4.90 Å². The smallest absolute Gasteiger partial charge is 0.315 e. The first-order chi connectivity index (χ1) is 11.6. The summed E-state index contributed by atoms with van der Waals surface area (Å²) >= 11 is 0. The van der Waals surface area contributed by atoms with Gasteiger partial charge in [-0.15, -0.1) is 0 Å². The van der Waals surface area contributed by atoms with Crippen molar-refractivity contribution in [3.8, 4) is 0 Å². The van der Waals surface area contributed by atoms with E-state index in [0.29, 0.717) is 24.9 Å². The van der Waals surface area contributed by atoms with Crippen LogP contribution in [0.25, 0.3) is 0 Å². The Morgan fingerprint density at radius 2 is 1.88 bits per heavy atom. The van der Waals surface area contributed by atoms with E-state index in [9.17, 15) is 14.0 Å². The molecular formula is C18H22FN3O2. The summed E-state index contributed by atoms with van der Waals surface area (Å²) in [7, 11) is 0. The molecule has 3 aliphatic rings. The van der Waals surface area contributed by atoms with Gasteiger partial charge in [0.15, 0.2) is 0 Å². The molecule has 1 aromatic rings. The van der Waals surface area contributed by atoms with Crippen LogP contribution < -0.4 is 10.6 Å². The molecule has 0 bridgehead atoms. The molecule has 1 aromatic carbocycles. The second-order valence-corrected chi connectivity index (χ2v) is 7.16.